The number of hydrogen-bond acceptors (Lipinski definition) is 4. The summed E-state index contributed by atoms with van der Waals surface area (Å²) in [7, 11) is 0. The average molecular weight is 358 g/mol. The summed E-state index contributed by atoms with van der Waals surface area (Å²) >= 11 is 1.64. The molecule has 0 radical (unpaired) electrons. The maximum absolute atomic E-state index is 12.4. The second-order valence-corrected chi connectivity index (χ2v) is 7.56. The van der Waals surface area contributed by atoms with Crippen molar-refractivity contribution in [3.05, 3.63) is 41.4 Å². The minimum Gasteiger partial charge on any atom is -0.352 e. The molecule has 1 N–H and O–H groups in total. The van der Waals surface area contributed by atoms with E-state index in [1.807, 2.05) is 23.6 Å². The molecule has 0 saturated carbocycles. The standard InChI is InChI=1S/C20H27N3OS/c1-2-17-7-3-4-12-23(17)13-6-10-22-20(24)16-9-11-21-18(15-16)19-8-5-14-25-19/h5,8-9,11,14-15,17H,2-4,6-7,10,12-13H2,1H3,(H,22,24)/t17-/m0/s1. The highest BCUT2D eigenvalue weighted by atomic mass is 32.1. The van der Waals surface area contributed by atoms with Crippen molar-refractivity contribution in [2.45, 2.75) is 45.1 Å². The van der Waals surface area contributed by atoms with Gasteiger partial charge in [0, 0.05) is 30.9 Å². The monoisotopic (exact) mass is 357 g/mol. The molecule has 2 aromatic rings. The molecule has 0 aliphatic carbocycles. The first-order chi connectivity index (χ1) is 12.3. The van der Waals surface area contributed by atoms with Gasteiger partial charge in [-0.2, -0.15) is 0 Å². The Morgan fingerprint density at radius 3 is 3.12 bits per heavy atom. The van der Waals surface area contributed by atoms with E-state index in [2.05, 4.69) is 22.1 Å². The van der Waals surface area contributed by atoms with Crippen LogP contribution in [0, 0.1) is 0 Å². The van der Waals surface area contributed by atoms with E-state index in [-0.39, 0.29) is 5.91 Å². The summed E-state index contributed by atoms with van der Waals surface area (Å²) in [6.07, 6.45) is 7.95. The molecule has 3 rings (SSSR count). The fraction of sp³-hybridized carbons (Fsp3) is 0.500. The zero-order valence-electron chi connectivity index (χ0n) is 14.9. The van der Waals surface area contributed by atoms with Crippen molar-refractivity contribution in [2.75, 3.05) is 19.6 Å². The summed E-state index contributed by atoms with van der Waals surface area (Å²) < 4.78 is 0. The number of rotatable bonds is 7. The van der Waals surface area contributed by atoms with Gasteiger partial charge in [0.1, 0.15) is 0 Å². The lowest BCUT2D eigenvalue weighted by Crippen LogP contribution is -2.40. The Kier molecular flexibility index (Phi) is 6.59. The minimum absolute atomic E-state index is 0.00843. The first kappa shape index (κ1) is 18.1. The van der Waals surface area contributed by atoms with E-state index in [9.17, 15) is 4.79 Å². The highest BCUT2D eigenvalue weighted by Gasteiger charge is 2.19. The normalized spacial score (nSPS) is 18.2. The Balaban J connectivity index is 1.47. The summed E-state index contributed by atoms with van der Waals surface area (Å²) in [5.41, 5.74) is 1.55. The number of carbonyl (C=O) groups excluding carboxylic acids is 1. The molecule has 1 aliphatic heterocycles. The lowest BCUT2D eigenvalue weighted by Gasteiger charge is -2.35. The van der Waals surface area contributed by atoms with Gasteiger partial charge in [-0.05, 0) is 55.8 Å². The van der Waals surface area contributed by atoms with Gasteiger partial charge in [0.25, 0.3) is 5.91 Å². The molecule has 134 valence electrons. The van der Waals surface area contributed by atoms with Crippen molar-refractivity contribution < 1.29 is 4.79 Å². The van der Waals surface area contributed by atoms with Crippen molar-refractivity contribution >= 4 is 17.2 Å². The molecule has 2 aromatic heterocycles. The average Bonchev–Trinajstić information content (AvgIpc) is 3.20. The molecule has 1 amide bonds. The highest BCUT2D eigenvalue weighted by molar-refractivity contribution is 7.13. The first-order valence-electron chi connectivity index (χ1n) is 9.30. The van der Waals surface area contributed by atoms with Crippen LogP contribution in [0.5, 0.6) is 0 Å². The third-order valence-electron chi connectivity index (χ3n) is 4.92. The van der Waals surface area contributed by atoms with E-state index >= 15 is 0 Å². The maximum Gasteiger partial charge on any atom is 0.251 e. The third kappa shape index (κ3) is 4.89. The number of hydrogen-bond donors (Lipinski definition) is 1. The van der Waals surface area contributed by atoms with Gasteiger partial charge < -0.3 is 10.2 Å². The van der Waals surface area contributed by atoms with Crippen molar-refractivity contribution in [3.63, 3.8) is 0 Å². The van der Waals surface area contributed by atoms with Crippen LogP contribution in [0.4, 0.5) is 0 Å². The van der Waals surface area contributed by atoms with Crippen LogP contribution in [0.3, 0.4) is 0 Å². The predicted octanol–water partition coefficient (Wildman–Crippen LogP) is 4.19. The van der Waals surface area contributed by atoms with Crippen LogP contribution in [-0.4, -0.2) is 41.5 Å². The molecule has 5 heteroatoms. The van der Waals surface area contributed by atoms with E-state index in [0.29, 0.717) is 5.56 Å². The number of thiophene rings is 1. The van der Waals surface area contributed by atoms with Crippen LogP contribution in [0.15, 0.2) is 35.8 Å². The lowest BCUT2D eigenvalue weighted by atomic mass is 10.00. The van der Waals surface area contributed by atoms with E-state index in [1.165, 1.54) is 32.2 Å². The second kappa shape index (κ2) is 9.11. The van der Waals surface area contributed by atoms with E-state index < -0.39 is 0 Å². The molecule has 1 fully saturated rings. The molecule has 0 bridgehead atoms. The van der Waals surface area contributed by atoms with Crippen LogP contribution in [0.25, 0.3) is 10.6 Å². The van der Waals surface area contributed by atoms with Gasteiger partial charge in [0.15, 0.2) is 0 Å². The first-order valence-corrected chi connectivity index (χ1v) is 10.2. The van der Waals surface area contributed by atoms with Crippen LogP contribution < -0.4 is 5.32 Å². The van der Waals surface area contributed by atoms with Crippen LogP contribution in [0.2, 0.25) is 0 Å². The van der Waals surface area contributed by atoms with E-state index in [1.54, 1.807) is 23.6 Å². The predicted molar refractivity (Wildman–Crippen MR) is 104 cm³/mol. The second-order valence-electron chi connectivity index (χ2n) is 6.61. The highest BCUT2D eigenvalue weighted by Crippen LogP contribution is 2.23. The quantitative estimate of drug-likeness (QED) is 0.756. The van der Waals surface area contributed by atoms with Crippen LogP contribution in [-0.2, 0) is 0 Å². The summed E-state index contributed by atoms with van der Waals surface area (Å²) in [4.78, 5) is 20.4. The van der Waals surface area contributed by atoms with Gasteiger partial charge in [0.05, 0.1) is 10.6 Å². The fourth-order valence-corrected chi connectivity index (χ4v) is 4.23. The Morgan fingerprint density at radius 1 is 1.40 bits per heavy atom. The molecule has 1 aliphatic rings. The Hall–Kier alpha value is -1.72. The van der Waals surface area contributed by atoms with Crippen molar-refractivity contribution in [3.8, 4) is 10.6 Å². The van der Waals surface area contributed by atoms with Gasteiger partial charge >= 0.3 is 0 Å². The number of nitrogens with one attached hydrogen (secondary N) is 1. The lowest BCUT2D eigenvalue weighted by molar-refractivity contribution is 0.0947. The topological polar surface area (TPSA) is 45.2 Å². The summed E-state index contributed by atoms with van der Waals surface area (Å²) in [5.74, 6) is -0.00843. The molecular weight excluding hydrogens is 330 g/mol. The number of pyridine rings is 1. The minimum atomic E-state index is -0.00843. The zero-order valence-corrected chi connectivity index (χ0v) is 15.7. The van der Waals surface area contributed by atoms with Crippen molar-refractivity contribution in [1.29, 1.82) is 0 Å². The fourth-order valence-electron chi connectivity index (χ4n) is 3.53. The molecule has 1 saturated heterocycles. The number of amides is 1. The molecule has 3 heterocycles. The molecule has 0 spiro atoms. The maximum atomic E-state index is 12.4. The van der Waals surface area contributed by atoms with Crippen LogP contribution >= 0.6 is 11.3 Å². The van der Waals surface area contributed by atoms with Gasteiger partial charge in [0.2, 0.25) is 0 Å². The summed E-state index contributed by atoms with van der Waals surface area (Å²) in [6.45, 7) is 5.29. The van der Waals surface area contributed by atoms with Gasteiger partial charge in [-0.15, -0.1) is 11.3 Å². The van der Waals surface area contributed by atoms with Gasteiger partial charge in [-0.1, -0.05) is 19.4 Å². The molecule has 4 nitrogen and oxygen atoms in total. The molecular formula is C20H27N3OS. The number of carbonyl (C=O) groups is 1. The van der Waals surface area contributed by atoms with E-state index in [4.69, 9.17) is 0 Å². The number of nitrogens with zero attached hydrogens (tertiary/aromatic N) is 2. The smallest absolute Gasteiger partial charge is 0.251 e. The largest absolute Gasteiger partial charge is 0.352 e. The third-order valence-corrected chi connectivity index (χ3v) is 5.82. The van der Waals surface area contributed by atoms with Crippen molar-refractivity contribution in [2.24, 2.45) is 0 Å². The SMILES string of the molecule is CC[C@H]1CCCCN1CCCNC(=O)c1ccnc(-c2cccs2)c1. The van der Waals surface area contributed by atoms with Gasteiger partial charge in [-0.25, -0.2) is 0 Å². The Labute approximate surface area is 154 Å². The molecule has 0 unspecified atom stereocenters. The van der Waals surface area contributed by atoms with Crippen LogP contribution in [0.1, 0.15) is 49.4 Å². The summed E-state index contributed by atoms with van der Waals surface area (Å²) in [5, 5.41) is 5.08. The van der Waals surface area contributed by atoms with Gasteiger partial charge in [-0.3, -0.25) is 9.78 Å². The van der Waals surface area contributed by atoms with E-state index in [0.717, 1.165) is 36.1 Å². The summed E-state index contributed by atoms with van der Waals surface area (Å²) in [6, 6.07) is 8.41. The zero-order chi connectivity index (χ0) is 17.5. The number of likely N-dealkylation sites (tertiary alicyclic amines) is 1. The number of piperidine rings is 1. The van der Waals surface area contributed by atoms with Crippen molar-refractivity contribution in [1.82, 2.24) is 15.2 Å². The Bertz CT molecular complexity index is 671. The number of aromatic nitrogens is 1. The molecule has 0 aromatic carbocycles. The molecule has 1 atom stereocenters. The Morgan fingerprint density at radius 2 is 2.32 bits per heavy atom. The molecule has 25 heavy (non-hydrogen) atoms.